The number of non-ortho nitro benzene ring substituents is 1. The minimum absolute atomic E-state index is 0.0426. The average Bonchev–Trinajstić information content (AvgIpc) is 2.82. The summed E-state index contributed by atoms with van der Waals surface area (Å²) in [6, 6.07) is 6.46. The molecule has 0 bridgehead atoms. The van der Waals surface area contributed by atoms with Gasteiger partial charge in [0.05, 0.1) is 22.4 Å². The summed E-state index contributed by atoms with van der Waals surface area (Å²) >= 11 is 0. The van der Waals surface area contributed by atoms with Crippen molar-refractivity contribution in [3.63, 3.8) is 0 Å². The van der Waals surface area contributed by atoms with E-state index in [1.54, 1.807) is 36.1 Å². The van der Waals surface area contributed by atoms with Gasteiger partial charge in [-0.15, -0.1) is 0 Å². The molecule has 7 nitrogen and oxygen atoms in total. The van der Waals surface area contributed by atoms with Crippen molar-refractivity contribution < 1.29 is 14.5 Å². The molecule has 2 aromatic rings. The second kappa shape index (κ2) is 6.16. The maximum Gasteiger partial charge on any atom is 0.278 e. The number of nitrogens with one attached hydrogen (secondary N) is 1. The Balaban J connectivity index is 2.17. The van der Waals surface area contributed by atoms with Crippen LogP contribution in [0.4, 0.5) is 5.69 Å². The Bertz CT molecular complexity index is 636. The van der Waals surface area contributed by atoms with Gasteiger partial charge in [-0.3, -0.25) is 14.9 Å². The van der Waals surface area contributed by atoms with Gasteiger partial charge in [0, 0.05) is 25.9 Å². The minimum atomic E-state index is -0.425. The predicted molar refractivity (Wildman–Crippen MR) is 73.5 cm³/mol. The molecule has 20 heavy (non-hydrogen) atoms. The van der Waals surface area contributed by atoms with Gasteiger partial charge in [-0.1, -0.05) is 6.07 Å². The van der Waals surface area contributed by atoms with Gasteiger partial charge in [0.2, 0.25) is 5.91 Å². The molecule has 1 N–H and O–H groups in total. The number of ether oxygens (including phenoxy) is 1. The lowest BCUT2D eigenvalue weighted by atomic mass is 10.2. The van der Waals surface area contributed by atoms with E-state index in [4.69, 9.17) is 4.74 Å². The van der Waals surface area contributed by atoms with Gasteiger partial charge in [-0.25, -0.2) is 0 Å². The van der Waals surface area contributed by atoms with E-state index in [9.17, 15) is 14.9 Å². The van der Waals surface area contributed by atoms with Gasteiger partial charge >= 0.3 is 0 Å². The van der Waals surface area contributed by atoms with Crippen molar-refractivity contribution in [3.05, 3.63) is 40.6 Å². The van der Waals surface area contributed by atoms with Crippen molar-refractivity contribution in [1.29, 1.82) is 0 Å². The standard InChI is InChI=1S/C13H15N3O4/c1-20-8-6-14-13(17)9-15-7-5-10-11(15)3-2-4-12(10)16(18)19/h2-5,7H,6,8-9H2,1H3,(H,14,17). The maximum absolute atomic E-state index is 11.7. The molecule has 7 heteroatoms. The summed E-state index contributed by atoms with van der Waals surface area (Å²) in [6.07, 6.45) is 1.67. The number of rotatable bonds is 6. The molecule has 0 fully saturated rings. The Morgan fingerprint density at radius 2 is 2.25 bits per heavy atom. The van der Waals surface area contributed by atoms with Crippen molar-refractivity contribution >= 4 is 22.5 Å². The van der Waals surface area contributed by atoms with Crippen molar-refractivity contribution in [3.8, 4) is 0 Å². The molecule has 106 valence electrons. The molecule has 0 unspecified atom stereocenters. The Labute approximate surface area is 115 Å². The Kier molecular flexibility index (Phi) is 4.31. The minimum Gasteiger partial charge on any atom is -0.383 e. The number of hydrogen-bond donors (Lipinski definition) is 1. The summed E-state index contributed by atoms with van der Waals surface area (Å²) in [5, 5.41) is 14.2. The number of nitro benzene ring substituents is 1. The lowest BCUT2D eigenvalue weighted by molar-refractivity contribution is -0.383. The van der Waals surface area contributed by atoms with Gasteiger partial charge in [-0.05, 0) is 12.1 Å². The molecule has 0 saturated heterocycles. The summed E-state index contributed by atoms with van der Waals surface area (Å²) < 4.78 is 6.53. The second-order valence-corrected chi connectivity index (χ2v) is 4.25. The molecule has 1 heterocycles. The van der Waals surface area contributed by atoms with Crippen molar-refractivity contribution in [2.45, 2.75) is 6.54 Å². The highest BCUT2D eigenvalue weighted by Gasteiger charge is 2.14. The van der Waals surface area contributed by atoms with E-state index in [1.165, 1.54) is 6.07 Å². The first-order valence-corrected chi connectivity index (χ1v) is 6.11. The number of fused-ring (bicyclic) bond motifs is 1. The van der Waals surface area contributed by atoms with Crippen molar-refractivity contribution in [2.24, 2.45) is 0 Å². The van der Waals surface area contributed by atoms with Crippen LogP contribution in [0.15, 0.2) is 30.5 Å². The molecule has 0 aliphatic heterocycles. The van der Waals surface area contributed by atoms with Crippen LogP contribution in [0.5, 0.6) is 0 Å². The fourth-order valence-corrected chi connectivity index (χ4v) is 2.01. The van der Waals surface area contributed by atoms with Crippen LogP contribution in [0.25, 0.3) is 10.9 Å². The van der Waals surface area contributed by atoms with Crippen LogP contribution in [0.2, 0.25) is 0 Å². The first-order valence-electron chi connectivity index (χ1n) is 6.11. The molecule has 0 saturated carbocycles. The number of hydrogen-bond acceptors (Lipinski definition) is 4. The molecule has 0 radical (unpaired) electrons. The molecule has 1 aromatic carbocycles. The molecule has 1 amide bonds. The van der Waals surface area contributed by atoms with Crippen LogP contribution in [0.3, 0.4) is 0 Å². The monoisotopic (exact) mass is 277 g/mol. The third kappa shape index (κ3) is 2.94. The highest BCUT2D eigenvalue weighted by molar-refractivity contribution is 5.90. The quantitative estimate of drug-likeness (QED) is 0.490. The van der Waals surface area contributed by atoms with E-state index in [1.807, 2.05) is 0 Å². The van der Waals surface area contributed by atoms with Crippen LogP contribution >= 0.6 is 0 Å². The van der Waals surface area contributed by atoms with Gasteiger partial charge in [0.25, 0.3) is 5.69 Å². The lowest BCUT2D eigenvalue weighted by Gasteiger charge is -2.06. The smallest absolute Gasteiger partial charge is 0.278 e. The van der Waals surface area contributed by atoms with E-state index in [0.29, 0.717) is 24.1 Å². The Hall–Kier alpha value is -2.41. The number of carbonyl (C=O) groups is 1. The number of carbonyl (C=O) groups excluding carboxylic acids is 1. The molecule has 2 rings (SSSR count). The summed E-state index contributed by atoms with van der Waals surface area (Å²) in [5.74, 6) is -0.161. The summed E-state index contributed by atoms with van der Waals surface area (Å²) in [6.45, 7) is 1.01. The number of amides is 1. The third-order valence-corrected chi connectivity index (χ3v) is 2.93. The Morgan fingerprint density at radius 3 is 2.95 bits per heavy atom. The SMILES string of the molecule is COCCNC(=O)Cn1ccc2c([N+](=O)[O-])cccc21. The van der Waals surface area contributed by atoms with Crippen LogP contribution in [-0.2, 0) is 16.1 Å². The van der Waals surface area contributed by atoms with Crippen LogP contribution < -0.4 is 5.32 Å². The molecular weight excluding hydrogens is 262 g/mol. The van der Waals surface area contributed by atoms with Crippen LogP contribution in [0, 0.1) is 10.1 Å². The van der Waals surface area contributed by atoms with Crippen molar-refractivity contribution in [2.75, 3.05) is 20.3 Å². The van der Waals surface area contributed by atoms with Crippen LogP contribution in [0.1, 0.15) is 0 Å². The lowest BCUT2D eigenvalue weighted by Crippen LogP contribution is -2.30. The van der Waals surface area contributed by atoms with Gasteiger partial charge in [-0.2, -0.15) is 0 Å². The third-order valence-electron chi connectivity index (χ3n) is 2.93. The van der Waals surface area contributed by atoms with Crippen molar-refractivity contribution in [1.82, 2.24) is 9.88 Å². The van der Waals surface area contributed by atoms with Crippen LogP contribution in [-0.4, -0.2) is 35.7 Å². The fraction of sp³-hybridized carbons (Fsp3) is 0.308. The summed E-state index contributed by atoms with van der Waals surface area (Å²) in [5.41, 5.74) is 0.710. The molecule has 0 aliphatic carbocycles. The molecule has 0 aliphatic rings. The number of benzene rings is 1. The summed E-state index contributed by atoms with van der Waals surface area (Å²) in [4.78, 5) is 22.2. The zero-order chi connectivity index (χ0) is 14.5. The average molecular weight is 277 g/mol. The molecular formula is C13H15N3O4. The number of nitro groups is 1. The highest BCUT2D eigenvalue weighted by Crippen LogP contribution is 2.26. The maximum atomic E-state index is 11.7. The first-order chi connectivity index (χ1) is 9.63. The fourth-order valence-electron chi connectivity index (χ4n) is 2.01. The van der Waals surface area contributed by atoms with E-state index >= 15 is 0 Å². The first kappa shape index (κ1) is 14.0. The van der Waals surface area contributed by atoms with E-state index in [0.717, 1.165) is 0 Å². The summed E-state index contributed by atoms with van der Waals surface area (Å²) in [7, 11) is 1.56. The zero-order valence-electron chi connectivity index (χ0n) is 11.0. The van der Waals surface area contributed by atoms with E-state index in [-0.39, 0.29) is 18.1 Å². The predicted octanol–water partition coefficient (Wildman–Crippen LogP) is 1.31. The van der Waals surface area contributed by atoms with Gasteiger partial charge < -0.3 is 14.6 Å². The largest absolute Gasteiger partial charge is 0.383 e. The molecule has 1 aromatic heterocycles. The second-order valence-electron chi connectivity index (χ2n) is 4.25. The molecule has 0 atom stereocenters. The number of methoxy groups -OCH3 is 1. The number of aromatic nitrogens is 1. The highest BCUT2D eigenvalue weighted by atomic mass is 16.6. The zero-order valence-corrected chi connectivity index (χ0v) is 11.0. The van der Waals surface area contributed by atoms with Gasteiger partial charge in [0.15, 0.2) is 0 Å². The van der Waals surface area contributed by atoms with E-state index < -0.39 is 4.92 Å². The molecule has 0 spiro atoms. The van der Waals surface area contributed by atoms with Gasteiger partial charge in [0.1, 0.15) is 6.54 Å². The normalized spacial score (nSPS) is 10.7. The Morgan fingerprint density at radius 1 is 1.45 bits per heavy atom. The number of nitrogens with zero attached hydrogens (tertiary/aromatic N) is 2. The van der Waals surface area contributed by atoms with E-state index in [2.05, 4.69) is 5.32 Å². The topological polar surface area (TPSA) is 86.4 Å².